The van der Waals surface area contributed by atoms with Gasteiger partial charge in [-0.2, -0.15) is 0 Å². The molecule has 1 N–H and O–H groups in total. The summed E-state index contributed by atoms with van der Waals surface area (Å²) in [6, 6.07) is 6.88. The van der Waals surface area contributed by atoms with E-state index < -0.39 is 15.2 Å². The van der Waals surface area contributed by atoms with Crippen molar-refractivity contribution < 1.29 is 13.2 Å². The van der Waals surface area contributed by atoms with Gasteiger partial charge in [-0.15, -0.1) is 11.6 Å². The number of carbonyl (C=O) groups excluding carboxylic acids is 1. The molecule has 1 rings (SSSR count). The molecule has 1 amide bonds. The third-order valence-electron chi connectivity index (χ3n) is 2.37. The van der Waals surface area contributed by atoms with Crippen molar-refractivity contribution in [2.75, 3.05) is 17.0 Å². The van der Waals surface area contributed by atoms with Crippen molar-refractivity contribution in [2.24, 2.45) is 0 Å². The first-order valence-electron chi connectivity index (χ1n) is 5.22. The lowest BCUT2D eigenvalue weighted by Gasteiger charge is -2.17. The zero-order valence-electron chi connectivity index (χ0n) is 10.2. The van der Waals surface area contributed by atoms with Crippen LogP contribution in [-0.4, -0.2) is 31.5 Å². The van der Waals surface area contributed by atoms with Crippen molar-refractivity contribution in [1.29, 1.82) is 0 Å². The first kappa shape index (κ1) is 14.8. The van der Waals surface area contributed by atoms with Crippen molar-refractivity contribution >= 4 is 33.2 Å². The molecule has 0 fully saturated rings. The number of rotatable bonds is 5. The van der Waals surface area contributed by atoms with Crippen LogP contribution in [0.25, 0.3) is 0 Å². The number of anilines is 1. The molecule has 0 aliphatic rings. The minimum Gasteiger partial charge on any atom is -0.342 e. The quantitative estimate of drug-likeness (QED) is 0.838. The predicted molar refractivity (Wildman–Crippen MR) is 71.9 cm³/mol. The normalized spacial score (nSPS) is 11.1. The second kappa shape index (κ2) is 6.06. The summed E-state index contributed by atoms with van der Waals surface area (Å²) in [7, 11) is -1.89. The lowest BCUT2D eigenvalue weighted by Crippen LogP contribution is -2.24. The fourth-order valence-electron chi connectivity index (χ4n) is 1.32. The predicted octanol–water partition coefficient (Wildman–Crippen LogP) is 1.60. The number of hydrogen-bond donors (Lipinski definition) is 1. The molecule has 5 nitrogen and oxygen atoms in total. The summed E-state index contributed by atoms with van der Waals surface area (Å²) in [4.78, 5) is 12.7. The molecule has 1 aromatic carbocycles. The largest absolute Gasteiger partial charge is 0.342 e. The molecular formula is C11H15ClN2O3S. The Kier molecular flexibility index (Phi) is 4.98. The highest BCUT2D eigenvalue weighted by Crippen LogP contribution is 2.18. The zero-order valence-corrected chi connectivity index (χ0v) is 11.8. The van der Waals surface area contributed by atoms with Gasteiger partial charge in [0.2, 0.25) is 15.9 Å². The van der Waals surface area contributed by atoms with E-state index in [1.807, 2.05) is 0 Å². The van der Waals surface area contributed by atoms with E-state index in [9.17, 15) is 13.2 Å². The fraction of sp³-hybridized carbons (Fsp3) is 0.364. The van der Waals surface area contributed by atoms with E-state index in [4.69, 9.17) is 11.6 Å². The molecule has 0 bridgehead atoms. The second-order valence-corrected chi connectivity index (χ2v) is 6.16. The minimum absolute atomic E-state index is 0.0926. The molecule has 0 aliphatic heterocycles. The van der Waals surface area contributed by atoms with E-state index >= 15 is 0 Å². The highest BCUT2D eigenvalue weighted by molar-refractivity contribution is 7.93. The van der Waals surface area contributed by atoms with Gasteiger partial charge in [0.25, 0.3) is 0 Å². The maximum atomic E-state index is 11.4. The van der Waals surface area contributed by atoms with Gasteiger partial charge >= 0.3 is 0 Å². The number of halogens is 1. The smallest absolute Gasteiger partial charge is 0.246 e. The summed E-state index contributed by atoms with van der Waals surface area (Å²) in [5, 5.41) is -0.510. The average Bonchev–Trinajstić information content (AvgIpc) is 2.31. The number of hydrogen-bond acceptors (Lipinski definition) is 3. The van der Waals surface area contributed by atoms with Crippen LogP contribution in [0.5, 0.6) is 0 Å². The highest BCUT2D eigenvalue weighted by atomic mass is 35.5. The fourth-order valence-corrected chi connectivity index (χ4v) is 2.07. The van der Waals surface area contributed by atoms with E-state index in [-0.39, 0.29) is 5.91 Å². The van der Waals surface area contributed by atoms with Gasteiger partial charge in [-0.3, -0.25) is 9.52 Å². The Hall–Kier alpha value is -1.27. The lowest BCUT2D eigenvalue weighted by atomic mass is 10.2. The standard InChI is InChI=1S/C11H15ClN2O3S/c1-9(15)14(2)7-10-5-3-4-6-11(10)13-18(16,17)8-12/h3-6,13H,7-8H2,1-2H3. The molecule has 0 atom stereocenters. The van der Waals surface area contributed by atoms with E-state index in [0.29, 0.717) is 17.8 Å². The first-order chi connectivity index (χ1) is 8.35. The van der Waals surface area contributed by atoms with Crippen LogP contribution in [0, 0.1) is 0 Å². The van der Waals surface area contributed by atoms with Crippen LogP contribution >= 0.6 is 11.6 Å². The summed E-state index contributed by atoms with van der Waals surface area (Å²) in [5.41, 5.74) is 1.15. The number of carbonyl (C=O) groups is 1. The van der Waals surface area contributed by atoms with Crippen molar-refractivity contribution in [2.45, 2.75) is 13.5 Å². The lowest BCUT2D eigenvalue weighted by molar-refractivity contribution is -0.128. The molecule has 0 saturated heterocycles. The Morgan fingerprint density at radius 3 is 2.56 bits per heavy atom. The number of alkyl halides is 1. The number of nitrogens with zero attached hydrogens (tertiary/aromatic N) is 1. The van der Waals surface area contributed by atoms with Gasteiger partial charge < -0.3 is 4.90 Å². The molecule has 0 radical (unpaired) electrons. The molecule has 0 unspecified atom stereocenters. The summed E-state index contributed by atoms with van der Waals surface area (Å²) < 4.78 is 25.2. The zero-order chi connectivity index (χ0) is 13.8. The molecule has 0 spiro atoms. The molecule has 0 aromatic heterocycles. The van der Waals surface area contributed by atoms with Crippen molar-refractivity contribution in [1.82, 2.24) is 4.90 Å². The van der Waals surface area contributed by atoms with E-state index in [1.54, 1.807) is 31.3 Å². The van der Waals surface area contributed by atoms with E-state index in [2.05, 4.69) is 4.72 Å². The molecule has 0 heterocycles. The summed E-state index contributed by atoms with van der Waals surface area (Å²) in [5.74, 6) is -0.0926. The van der Waals surface area contributed by atoms with Crippen LogP contribution < -0.4 is 4.72 Å². The summed E-state index contributed by atoms with van der Waals surface area (Å²) in [6.45, 7) is 1.78. The molecule has 18 heavy (non-hydrogen) atoms. The summed E-state index contributed by atoms with van der Waals surface area (Å²) in [6.07, 6.45) is 0. The van der Waals surface area contributed by atoms with Gasteiger partial charge in [0, 0.05) is 20.5 Å². The third kappa shape index (κ3) is 4.19. The topological polar surface area (TPSA) is 66.5 Å². The van der Waals surface area contributed by atoms with E-state index in [1.165, 1.54) is 11.8 Å². The van der Waals surface area contributed by atoms with Crippen LogP contribution in [0.3, 0.4) is 0 Å². The minimum atomic E-state index is -3.54. The SMILES string of the molecule is CC(=O)N(C)Cc1ccccc1NS(=O)(=O)CCl. The third-order valence-corrected chi connectivity index (χ3v) is 4.05. The van der Waals surface area contributed by atoms with Crippen molar-refractivity contribution in [3.8, 4) is 0 Å². The average molecular weight is 291 g/mol. The van der Waals surface area contributed by atoms with E-state index in [0.717, 1.165) is 0 Å². The van der Waals surface area contributed by atoms with Crippen LogP contribution in [0.4, 0.5) is 5.69 Å². The molecule has 1 aromatic rings. The van der Waals surface area contributed by atoms with Gasteiger partial charge in [-0.25, -0.2) is 8.42 Å². The van der Waals surface area contributed by atoms with Gasteiger partial charge in [0.1, 0.15) is 5.21 Å². The number of amides is 1. The number of benzene rings is 1. The van der Waals surface area contributed by atoms with Crippen molar-refractivity contribution in [3.63, 3.8) is 0 Å². The van der Waals surface area contributed by atoms with Crippen LogP contribution in [0.2, 0.25) is 0 Å². The Labute approximate surface area is 112 Å². The Morgan fingerprint density at radius 2 is 2.00 bits per heavy atom. The monoisotopic (exact) mass is 290 g/mol. The molecule has 7 heteroatoms. The van der Waals surface area contributed by atoms with Crippen molar-refractivity contribution in [3.05, 3.63) is 29.8 Å². The maximum Gasteiger partial charge on any atom is 0.246 e. The number of sulfonamides is 1. The van der Waals surface area contributed by atoms with Crippen LogP contribution in [0.15, 0.2) is 24.3 Å². The second-order valence-electron chi connectivity index (χ2n) is 3.86. The van der Waals surface area contributed by atoms with Crippen LogP contribution in [-0.2, 0) is 21.4 Å². The Balaban J connectivity index is 2.96. The number of para-hydroxylation sites is 1. The first-order valence-corrected chi connectivity index (χ1v) is 7.40. The molecular weight excluding hydrogens is 276 g/mol. The van der Waals surface area contributed by atoms with Gasteiger partial charge in [0.05, 0.1) is 5.69 Å². The van der Waals surface area contributed by atoms with Gasteiger partial charge in [0.15, 0.2) is 0 Å². The molecule has 0 saturated carbocycles. The Morgan fingerprint density at radius 1 is 1.39 bits per heavy atom. The number of nitrogens with one attached hydrogen (secondary N) is 1. The maximum absolute atomic E-state index is 11.4. The van der Waals surface area contributed by atoms with Gasteiger partial charge in [-0.1, -0.05) is 18.2 Å². The van der Waals surface area contributed by atoms with Crippen LogP contribution in [0.1, 0.15) is 12.5 Å². The highest BCUT2D eigenvalue weighted by Gasteiger charge is 2.12. The Bertz CT molecular complexity index is 531. The van der Waals surface area contributed by atoms with Gasteiger partial charge in [-0.05, 0) is 11.6 Å². The molecule has 100 valence electrons. The summed E-state index contributed by atoms with van der Waals surface area (Å²) >= 11 is 5.34. The molecule has 0 aliphatic carbocycles.